The van der Waals surface area contributed by atoms with Crippen molar-refractivity contribution in [1.29, 1.82) is 0 Å². The van der Waals surface area contributed by atoms with E-state index in [0.29, 0.717) is 22.5 Å². The number of nitrogens with zero attached hydrogens (tertiary/aromatic N) is 2. The van der Waals surface area contributed by atoms with Crippen LogP contribution >= 0.6 is 0 Å². The number of para-hydroxylation sites is 4. The summed E-state index contributed by atoms with van der Waals surface area (Å²) in [6.45, 7) is 8.68. The molecule has 0 saturated carbocycles. The van der Waals surface area contributed by atoms with Crippen molar-refractivity contribution in [1.82, 2.24) is 9.97 Å². The maximum atomic E-state index is 12.3. The van der Waals surface area contributed by atoms with E-state index in [1.54, 1.807) is 36.4 Å². The van der Waals surface area contributed by atoms with E-state index >= 15 is 0 Å². The molecule has 0 unspecified atom stereocenters. The number of ketones is 2. The van der Waals surface area contributed by atoms with Gasteiger partial charge in [-0.05, 0) is 46.5 Å². The van der Waals surface area contributed by atoms with Crippen molar-refractivity contribution in [3.63, 3.8) is 0 Å². The summed E-state index contributed by atoms with van der Waals surface area (Å²) in [5.41, 5.74) is 23.3. The molecule has 6 aromatic carbocycles. The number of fused-ring (bicyclic) bond motifs is 8. The number of benzene rings is 6. The van der Waals surface area contributed by atoms with Gasteiger partial charge >= 0.3 is 0 Å². The average molecular weight is 681 g/mol. The van der Waals surface area contributed by atoms with Crippen LogP contribution in [0.25, 0.3) is 33.5 Å². The molecule has 0 amide bonds. The molecule has 0 spiro atoms. The summed E-state index contributed by atoms with van der Waals surface area (Å²) in [6.07, 6.45) is 0. The highest BCUT2D eigenvalue weighted by Gasteiger charge is 2.37. The van der Waals surface area contributed by atoms with Crippen LogP contribution in [-0.4, -0.2) is 21.5 Å². The summed E-state index contributed by atoms with van der Waals surface area (Å²) in [5, 5.41) is 0. The number of nitrogens with two attached hydrogens (primary N) is 2. The van der Waals surface area contributed by atoms with Crippen LogP contribution < -0.4 is 11.5 Å². The molecular weight excluding hydrogens is 641 g/mol. The number of hydrogen-bond acceptors (Lipinski definition) is 6. The molecule has 4 N–H and O–H groups in total. The summed E-state index contributed by atoms with van der Waals surface area (Å²) >= 11 is 0. The van der Waals surface area contributed by atoms with Crippen molar-refractivity contribution < 1.29 is 9.59 Å². The Kier molecular flexibility index (Phi) is 8.77. The molecule has 0 saturated heterocycles. The Bertz CT molecular complexity index is 2330. The second-order valence-electron chi connectivity index (χ2n) is 14.1. The van der Waals surface area contributed by atoms with Crippen LogP contribution in [-0.2, 0) is 10.8 Å². The summed E-state index contributed by atoms with van der Waals surface area (Å²) in [7, 11) is 0. The van der Waals surface area contributed by atoms with Gasteiger partial charge in [0.2, 0.25) is 11.6 Å². The van der Waals surface area contributed by atoms with E-state index in [1.807, 2.05) is 60.7 Å². The van der Waals surface area contributed by atoms with Crippen molar-refractivity contribution in [2.45, 2.75) is 38.5 Å². The third kappa shape index (κ3) is 5.92. The van der Waals surface area contributed by atoms with Gasteiger partial charge in [-0.1, -0.05) is 149 Å². The lowest BCUT2D eigenvalue weighted by Gasteiger charge is -2.27. The molecule has 1 aromatic heterocycles. The zero-order chi connectivity index (χ0) is 36.6. The van der Waals surface area contributed by atoms with E-state index in [4.69, 9.17) is 21.4 Å². The van der Waals surface area contributed by atoms with Crippen LogP contribution in [0.4, 0.5) is 11.4 Å². The monoisotopic (exact) mass is 680 g/mol. The lowest BCUT2D eigenvalue weighted by molar-refractivity contribution is 0.0817. The predicted octanol–water partition coefficient (Wildman–Crippen LogP) is 9.85. The fourth-order valence-electron chi connectivity index (χ4n) is 7.34. The highest BCUT2D eigenvalue weighted by atomic mass is 16.2. The molecule has 0 radical (unpaired) electrons. The summed E-state index contributed by atoms with van der Waals surface area (Å²) in [6, 6.07) is 47.3. The molecular formula is C46H40N4O2. The molecule has 7 aromatic rings. The van der Waals surface area contributed by atoms with Crippen molar-refractivity contribution in [3.8, 4) is 22.5 Å². The SMILES string of the molecule is CC1(C)c2ccccc2-c2nc3ccccc3nc2-c2ccccc21.CC1(C)c2ccccc2C(=O)C(=O)c2ccccc21.Nc1ccccc1N. The van der Waals surface area contributed by atoms with Gasteiger partial charge in [-0.3, -0.25) is 9.59 Å². The van der Waals surface area contributed by atoms with Gasteiger partial charge in [0.1, 0.15) is 0 Å². The minimum atomic E-state index is -0.409. The standard InChI is InChI=1S/C23H18N2.C17H14O2.C6H8N2/c1-23(2)17-11-5-3-9-15(17)21-22(16-10-4-6-12-18(16)23)25-20-14-8-7-13-19(20)24-21;1-17(2)13-9-5-3-7-11(13)15(18)16(19)12-8-4-6-10-14(12)17;7-5-3-1-2-4-6(5)8/h3-14H,1-2H3;3-10H,1-2H3;1-4H,7-8H2. The number of hydrogen-bond donors (Lipinski definition) is 2. The Morgan fingerprint density at radius 3 is 1.00 bits per heavy atom. The van der Waals surface area contributed by atoms with Gasteiger partial charge < -0.3 is 11.5 Å². The summed E-state index contributed by atoms with van der Waals surface area (Å²) < 4.78 is 0. The summed E-state index contributed by atoms with van der Waals surface area (Å²) in [5.74, 6) is -0.817. The number of anilines is 2. The van der Waals surface area contributed by atoms with Crippen molar-refractivity contribution in [2.75, 3.05) is 11.5 Å². The van der Waals surface area contributed by atoms with Gasteiger partial charge in [0, 0.05) is 33.1 Å². The first-order valence-corrected chi connectivity index (χ1v) is 17.3. The van der Waals surface area contributed by atoms with Crippen molar-refractivity contribution >= 4 is 34.0 Å². The van der Waals surface area contributed by atoms with E-state index in [9.17, 15) is 9.59 Å². The molecule has 0 fully saturated rings. The van der Waals surface area contributed by atoms with Gasteiger partial charge in [0.25, 0.3) is 0 Å². The van der Waals surface area contributed by atoms with E-state index in [-0.39, 0.29) is 10.8 Å². The Labute approximate surface area is 304 Å². The largest absolute Gasteiger partial charge is 0.397 e. The Morgan fingerprint density at radius 1 is 0.385 bits per heavy atom. The Balaban J connectivity index is 0.000000137. The minimum absolute atomic E-state index is 0.109. The maximum absolute atomic E-state index is 12.3. The van der Waals surface area contributed by atoms with Gasteiger partial charge in [0.15, 0.2) is 0 Å². The first kappa shape index (κ1) is 34.1. The Morgan fingerprint density at radius 2 is 0.654 bits per heavy atom. The van der Waals surface area contributed by atoms with Crippen LogP contribution in [0.2, 0.25) is 0 Å². The fourth-order valence-corrected chi connectivity index (χ4v) is 7.34. The van der Waals surface area contributed by atoms with E-state index < -0.39 is 11.6 Å². The molecule has 1 heterocycles. The second kappa shape index (κ2) is 13.4. The first-order chi connectivity index (χ1) is 25.0. The number of rotatable bonds is 0. The molecule has 256 valence electrons. The molecule has 6 nitrogen and oxygen atoms in total. The molecule has 9 rings (SSSR count). The topological polar surface area (TPSA) is 112 Å². The van der Waals surface area contributed by atoms with Gasteiger partial charge in [-0.15, -0.1) is 0 Å². The Hall–Kier alpha value is -6.40. The zero-order valence-electron chi connectivity index (χ0n) is 29.7. The highest BCUT2D eigenvalue weighted by molar-refractivity contribution is 6.50. The quantitative estimate of drug-likeness (QED) is 0.122. The maximum Gasteiger partial charge on any atom is 0.233 e. The zero-order valence-corrected chi connectivity index (χ0v) is 29.7. The molecule has 2 aliphatic carbocycles. The van der Waals surface area contributed by atoms with Gasteiger partial charge in [-0.2, -0.15) is 0 Å². The molecule has 52 heavy (non-hydrogen) atoms. The lowest BCUT2D eigenvalue weighted by Crippen LogP contribution is -2.20. The van der Waals surface area contributed by atoms with Crippen LogP contribution in [0.15, 0.2) is 146 Å². The third-order valence-electron chi connectivity index (χ3n) is 10.2. The predicted molar refractivity (Wildman–Crippen MR) is 211 cm³/mol. The molecule has 2 aliphatic rings. The molecule has 0 atom stereocenters. The van der Waals surface area contributed by atoms with E-state index in [2.05, 4.69) is 76.2 Å². The van der Waals surface area contributed by atoms with E-state index in [0.717, 1.165) is 33.5 Å². The first-order valence-electron chi connectivity index (χ1n) is 17.3. The highest BCUT2D eigenvalue weighted by Crippen LogP contribution is 2.47. The number of aromatic nitrogens is 2. The van der Waals surface area contributed by atoms with E-state index in [1.165, 1.54) is 22.3 Å². The second-order valence-corrected chi connectivity index (χ2v) is 14.1. The normalized spacial score (nSPS) is 14.3. The molecule has 6 heteroatoms. The number of Topliss-reactive ketones (excluding diaryl/α,β-unsaturated/α-hetero) is 2. The smallest absolute Gasteiger partial charge is 0.233 e. The fraction of sp³-hybridized carbons (Fsp3) is 0.130. The van der Waals surface area contributed by atoms with Crippen molar-refractivity contribution in [2.24, 2.45) is 0 Å². The average Bonchev–Trinajstić information content (AvgIpc) is 3.29. The van der Waals surface area contributed by atoms with Crippen LogP contribution in [0.1, 0.15) is 70.7 Å². The summed E-state index contributed by atoms with van der Waals surface area (Å²) in [4.78, 5) is 34.7. The van der Waals surface area contributed by atoms with Crippen LogP contribution in [0.3, 0.4) is 0 Å². The van der Waals surface area contributed by atoms with Gasteiger partial charge in [0.05, 0.1) is 33.8 Å². The number of carbonyl (C=O) groups is 2. The molecule has 0 bridgehead atoms. The number of nitrogen functional groups attached to an aromatic ring is 2. The minimum Gasteiger partial charge on any atom is -0.397 e. The van der Waals surface area contributed by atoms with Crippen molar-refractivity contribution in [3.05, 3.63) is 179 Å². The molecule has 0 aliphatic heterocycles. The lowest BCUT2D eigenvalue weighted by atomic mass is 9.76. The van der Waals surface area contributed by atoms with Crippen LogP contribution in [0.5, 0.6) is 0 Å². The third-order valence-corrected chi connectivity index (χ3v) is 10.2. The number of carbonyl (C=O) groups excluding carboxylic acids is 2. The van der Waals surface area contributed by atoms with Crippen LogP contribution in [0, 0.1) is 0 Å². The van der Waals surface area contributed by atoms with Gasteiger partial charge in [-0.25, -0.2) is 9.97 Å².